The van der Waals surface area contributed by atoms with Crippen molar-refractivity contribution in [3.8, 4) is 17.3 Å². The molecule has 1 aliphatic heterocycles. The van der Waals surface area contributed by atoms with Crippen molar-refractivity contribution in [3.63, 3.8) is 0 Å². The van der Waals surface area contributed by atoms with Crippen LogP contribution in [0.5, 0.6) is 0 Å². The van der Waals surface area contributed by atoms with E-state index in [2.05, 4.69) is 21.6 Å². The molecule has 142 valence electrons. The summed E-state index contributed by atoms with van der Waals surface area (Å²) in [5.41, 5.74) is 3.07. The lowest BCUT2D eigenvalue weighted by Crippen LogP contribution is -2.15. The van der Waals surface area contributed by atoms with Gasteiger partial charge in [0.2, 0.25) is 4.80 Å². The summed E-state index contributed by atoms with van der Waals surface area (Å²) >= 11 is 1.34. The van der Waals surface area contributed by atoms with Gasteiger partial charge in [0, 0.05) is 30.1 Å². The Balaban J connectivity index is 1.73. The van der Waals surface area contributed by atoms with Crippen LogP contribution in [0.1, 0.15) is 11.1 Å². The standard InChI is InChI=1S/C19H12N6O3S/c1-24-16(12-4-2-11(9-20)3-5-12)10-29-19(24)23-22-17-14-8-13(25(27)28)6-7-15(14)21-18(17)26/h2-8,10H,1H3,(H,21,22,26)/b23-19+. The average Bonchev–Trinajstić information content (AvgIpc) is 3.24. The predicted molar refractivity (Wildman–Crippen MR) is 107 cm³/mol. The average molecular weight is 404 g/mol. The Morgan fingerprint density at radius 2 is 1.97 bits per heavy atom. The van der Waals surface area contributed by atoms with E-state index >= 15 is 0 Å². The predicted octanol–water partition coefficient (Wildman–Crippen LogP) is 2.79. The number of benzene rings is 2. The fraction of sp³-hybridized carbons (Fsp3) is 0.0526. The molecule has 0 saturated carbocycles. The number of rotatable bonds is 3. The Morgan fingerprint density at radius 1 is 1.21 bits per heavy atom. The van der Waals surface area contributed by atoms with Gasteiger partial charge < -0.3 is 9.88 Å². The minimum Gasteiger partial charge on any atom is -0.320 e. The molecule has 1 aromatic heterocycles. The first-order valence-electron chi connectivity index (χ1n) is 8.35. The minimum atomic E-state index is -0.527. The Morgan fingerprint density at radius 3 is 2.66 bits per heavy atom. The van der Waals surface area contributed by atoms with Crippen LogP contribution in [-0.4, -0.2) is 21.1 Å². The summed E-state index contributed by atoms with van der Waals surface area (Å²) in [6.45, 7) is 0. The van der Waals surface area contributed by atoms with Crippen molar-refractivity contribution in [2.75, 3.05) is 5.32 Å². The van der Waals surface area contributed by atoms with Crippen LogP contribution < -0.4 is 10.1 Å². The molecule has 4 rings (SSSR count). The van der Waals surface area contributed by atoms with Gasteiger partial charge in [-0.15, -0.1) is 21.5 Å². The quantitative estimate of drug-likeness (QED) is 0.532. The number of nitriles is 1. The summed E-state index contributed by atoms with van der Waals surface area (Å²) in [5, 5.41) is 32.7. The number of amides is 1. The molecule has 0 atom stereocenters. The molecule has 2 heterocycles. The second kappa shape index (κ2) is 7.14. The maximum absolute atomic E-state index is 12.2. The van der Waals surface area contributed by atoms with E-state index in [0.717, 1.165) is 11.3 Å². The zero-order chi connectivity index (χ0) is 20.5. The number of fused-ring (bicyclic) bond motifs is 1. The Bertz CT molecular complexity index is 1290. The van der Waals surface area contributed by atoms with Gasteiger partial charge in [-0.05, 0) is 23.8 Å². The van der Waals surface area contributed by atoms with E-state index in [1.165, 1.54) is 29.5 Å². The lowest BCUT2D eigenvalue weighted by Gasteiger charge is -2.02. The van der Waals surface area contributed by atoms with Crippen LogP contribution in [0.3, 0.4) is 0 Å². The summed E-state index contributed by atoms with van der Waals surface area (Å²) < 4.78 is 1.82. The third kappa shape index (κ3) is 3.30. The van der Waals surface area contributed by atoms with Crippen molar-refractivity contribution < 1.29 is 9.72 Å². The van der Waals surface area contributed by atoms with E-state index in [-0.39, 0.29) is 11.4 Å². The summed E-state index contributed by atoms with van der Waals surface area (Å²) in [6, 6.07) is 13.3. The monoisotopic (exact) mass is 404 g/mol. The van der Waals surface area contributed by atoms with E-state index in [1.807, 2.05) is 29.1 Å². The Hall–Kier alpha value is -4.10. The van der Waals surface area contributed by atoms with Crippen LogP contribution in [0.4, 0.5) is 11.4 Å². The summed E-state index contributed by atoms with van der Waals surface area (Å²) in [6.07, 6.45) is 0. The number of nitrogens with one attached hydrogen (secondary N) is 1. The number of thiazole rings is 1. The third-order valence-electron chi connectivity index (χ3n) is 4.40. The minimum absolute atomic E-state index is 0.0250. The van der Waals surface area contributed by atoms with Gasteiger partial charge in [-0.2, -0.15) is 5.26 Å². The van der Waals surface area contributed by atoms with E-state index in [9.17, 15) is 14.9 Å². The maximum atomic E-state index is 12.2. The number of non-ortho nitro benzene ring substituents is 1. The second-order valence-corrected chi connectivity index (χ2v) is 6.98. The molecule has 29 heavy (non-hydrogen) atoms. The molecule has 1 aliphatic rings. The van der Waals surface area contributed by atoms with Gasteiger partial charge in [0.15, 0.2) is 5.71 Å². The summed E-state index contributed by atoms with van der Waals surface area (Å²) in [5.74, 6) is -0.462. The van der Waals surface area contributed by atoms with Crippen LogP contribution in [0.25, 0.3) is 11.3 Å². The van der Waals surface area contributed by atoms with Crippen LogP contribution in [0, 0.1) is 21.4 Å². The van der Waals surface area contributed by atoms with Crippen LogP contribution in [0.15, 0.2) is 58.0 Å². The molecule has 0 unspecified atom stereocenters. The number of carbonyl (C=O) groups is 1. The largest absolute Gasteiger partial charge is 0.320 e. The van der Waals surface area contributed by atoms with E-state index in [1.54, 1.807) is 12.1 Å². The fourth-order valence-corrected chi connectivity index (χ4v) is 3.74. The van der Waals surface area contributed by atoms with Crippen molar-refractivity contribution in [1.29, 1.82) is 5.26 Å². The number of nitrogens with zero attached hydrogens (tertiary/aromatic N) is 5. The molecule has 0 fully saturated rings. The number of anilines is 1. The molecule has 0 radical (unpaired) electrons. The van der Waals surface area contributed by atoms with Gasteiger partial charge in [0.1, 0.15) is 0 Å². The number of hydrogen-bond donors (Lipinski definition) is 1. The lowest BCUT2D eigenvalue weighted by atomic mass is 10.1. The fourth-order valence-electron chi connectivity index (χ4n) is 2.88. The molecular weight excluding hydrogens is 392 g/mol. The highest BCUT2D eigenvalue weighted by atomic mass is 32.1. The van der Waals surface area contributed by atoms with Gasteiger partial charge in [0.25, 0.3) is 11.6 Å². The molecule has 0 bridgehead atoms. The Labute approximate surface area is 168 Å². The molecule has 0 spiro atoms. The zero-order valence-corrected chi connectivity index (χ0v) is 15.8. The highest BCUT2D eigenvalue weighted by Crippen LogP contribution is 2.27. The van der Waals surface area contributed by atoms with Crippen molar-refractivity contribution in [2.24, 2.45) is 17.3 Å². The van der Waals surface area contributed by atoms with E-state index in [0.29, 0.717) is 21.6 Å². The van der Waals surface area contributed by atoms with Gasteiger partial charge in [-0.3, -0.25) is 14.9 Å². The molecular formula is C19H12N6O3S. The van der Waals surface area contributed by atoms with E-state index in [4.69, 9.17) is 5.26 Å². The highest BCUT2D eigenvalue weighted by Gasteiger charge is 2.28. The first kappa shape index (κ1) is 18.3. The SMILES string of the molecule is Cn1c(-c2ccc(C#N)cc2)cs/c1=N/N=C1\C(=O)Nc2ccc([N+](=O)[O-])cc21. The number of aromatic nitrogens is 1. The van der Waals surface area contributed by atoms with Crippen molar-refractivity contribution >= 4 is 34.3 Å². The van der Waals surface area contributed by atoms with Crippen LogP contribution in [0.2, 0.25) is 0 Å². The van der Waals surface area contributed by atoms with Crippen LogP contribution in [-0.2, 0) is 11.8 Å². The molecule has 0 aliphatic carbocycles. The van der Waals surface area contributed by atoms with Gasteiger partial charge >= 0.3 is 0 Å². The Kier molecular flexibility index (Phi) is 4.50. The zero-order valence-electron chi connectivity index (χ0n) is 15.0. The molecule has 3 aromatic rings. The first-order valence-corrected chi connectivity index (χ1v) is 9.23. The van der Waals surface area contributed by atoms with E-state index < -0.39 is 10.8 Å². The maximum Gasteiger partial charge on any atom is 0.276 e. The second-order valence-electron chi connectivity index (χ2n) is 6.14. The number of nitro groups is 1. The number of hydrogen-bond acceptors (Lipinski definition) is 7. The molecule has 0 saturated heterocycles. The van der Waals surface area contributed by atoms with Crippen molar-refractivity contribution in [3.05, 3.63) is 73.9 Å². The van der Waals surface area contributed by atoms with Crippen LogP contribution >= 0.6 is 11.3 Å². The van der Waals surface area contributed by atoms with Gasteiger partial charge in [-0.1, -0.05) is 12.1 Å². The van der Waals surface area contributed by atoms with Crippen molar-refractivity contribution in [1.82, 2.24) is 4.57 Å². The smallest absolute Gasteiger partial charge is 0.276 e. The van der Waals surface area contributed by atoms with Crippen molar-refractivity contribution in [2.45, 2.75) is 0 Å². The normalized spacial score (nSPS) is 14.6. The topological polar surface area (TPSA) is 126 Å². The summed E-state index contributed by atoms with van der Waals surface area (Å²) in [4.78, 5) is 23.2. The summed E-state index contributed by atoms with van der Waals surface area (Å²) in [7, 11) is 1.82. The number of nitro benzene ring substituents is 1. The van der Waals surface area contributed by atoms with Gasteiger partial charge in [0.05, 0.1) is 27.9 Å². The lowest BCUT2D eigenvalue weighted by molar-refractivity contribution is -0.384. The van der Waals surface area contributed by atoms with Gasteiger partial charge in [-0.25, -0.2) is 0 Å². The molecule has 2 aromatic carbocycles. The number of carbonyl (C=O) groups excluding carboxylic acids is 1. The highest BCUT2D eigenvalue weighted by molar-refractivity contribution is 7.07. The molecule has 10 heteroatoms. The molecule has 1 N–H and O–H groups in total. The first-order chi connectivity index (χ1) is 14.0. The third-order valence-corrected chi connectivity index (χ3v) is 5.31. The molecule has 9 nitrogen and oxygen atoms in total. The molecule has 1 amide bonds.